The quantitative estimate of drug-likeness (QED) is 0.460. The molecular weight excluding hydrogens is 484 g/mol. The number of carbonyl (C=O) groups is 1. The standard InChI is InChI=1S/C29H34N4O5/c1-18-27-23(14-19(15-24(27)34)20-16-25(36-3)28(38-5)26(17-20)37-4)31-29(30-18)33-12-10-32(11-13-33)21-6-8-22(35-2)9-7-21/h6-9,16-17,19H,10-15H2,1-5H3. The van der Waals surface area contributed by atoms with Crippen LogP contribution in [0.5, 0.6) is 23.0 Å². The molecular formula is C29H34N4O5. The number of nitrogens with zero attached hydrogens (tertiary/aromatic N) is 4. The van der Waals surface area contributed by atoms with Gasteiger partial charge in [-0.15, -0.1) is 0 Å². The number of aryl methyl sites for hydroxylation is 1. The molecule has 2 aromatic carbocycles. The fraction of sp³-hybridized carbons (Fsp3) is 0.414. The molecule has 0 amide bonds. The van der Waals surface area contributed by atoms with E-state index in [2.05, 4.69) is 21.9 Å². The molecule has 38 heavy (non-hydrogen) atoms. The fourth-order valence-electron chi connectivity index (χ4n) is 5.43. The van der Waals surface area contributed by atoms with Gasteiger partial charge < -0.3 is 28.7 Å². The third-order valence-corrected chi connectivity index (χ3v) is 7.46. The molecule has 0 bridgehead atoms. The first-order chi connectivity index (χ1) is 18.4. The molecule has 9 nitrogen and oxygen atoms in total. The molecule has 1 aliphatic heterocycles. The molecule has 0 N–H and O–H groups in total. The van der Waals surface area contributed by atoms with Crippen LogP contribution < -0.4 is 28.7 Å². The molecule has 1 fully saturated rings. The molecule has 0 radical (unpaired) electrons. The minimum absolute atomic E-state index is 0.0437. The second-order valence-corrected chi connectivity index (χ2v) is 9.59. The Morgan fingerprint density at radius 1 is 0.789 bits per heavy atom. The molecule has 1 aromatic heterocycles. The van der Waals surface area contributed by atoms with E-state index in [1.807, 2.05) is 31.2 Å². The summed E-state index contributed by atoms with van der Waals surface area (Å²) in [5.74, 6) is 3.26. The van der Waals surface area contributed by atoms with Gasteiger partial charge in [0.1, 0.15) is 5.75 Å². The van der Waals surface area contributed by atoms with Crippen molar-refractivity contribution >= 4 is 17.4 Å². The van der Waals surface area contributed by atoms with Gasteiger partial charge in [0.25, 0.3) is 0 Å². The Morgan fingerprint density at radius 2 is 1.42 bits per heavy atom. The van der Waals surface area contributed by atoms with Gasteiger partial charge in [-0.3, -0.25) is 4.79 Å². The number of ketones is 1. The highest BCUT2D eigenvalue weighted by molar-refractivity contribution is 5.99. The maximum absolute atomic E-state index is 13.3. The van der Waals surface area contributed by atoms with Crippen LogP contribution in [-0.2, 0) is 6.42 Å². The summed E-state index contributed by atoms with van der Waals surface area (Å²) in [5.41, 5.74) is 4.35. The van der Waals surface area contributed by atoms with Crippen molar-refractivity contribution in [1.29, 1.82) is 0 Å². The van der Waals surface area contributed by atoms with E-state index < -0.39 is 0 Å². The van der Waals surface area contributed by atoms with Gasteiger partial charge in [-0.05, 0) is 61.2 Å². The molecule has 0 spiro atoms. The van der Waals surface area contributed by atoms with Crippen molar-refractivity contribution in [2.24, 2.45) is 0 Å². The van der Waals surface area contributed by atoms with E-state index >= 15 is 0 Å². The molecule has 3 aromatic rings. The van der Waals surface area contributed by atoms with E-state index in [0.717, 1.165) is 48.9 Å². The summed E-state index contributed by atoms with van der Waals surface area (Å²) in [6.45, 7) is 5.23. The fourth-order valence-corrected chi connectivity index (χ4v) is 5.43. The number of carbonyl (C=O) groups excluding carboxylic acids is 1. The predicted molar refractivity (Wildman–Crippen MR) is 146 cm³/mol. The number of anilines is 2. The zero-order valence-electron chi connectivity index (χ0n) is 22.6. The number of ether oxygens (including phenoxy) is 4. The van der Waals surface area contributed by atoms with E-state index in [4.69, 9.17) is 28.9 Å². The number of aromatic nitrogens is 2. The molecule has 2 heterocycles. The molecule has 0 saturated carbocycles. The SMILES string of the molecule is COc1ccc(N2CCN(c3nc(C)c4c(n3)CC(c3cc(OC)c(OC)c(OC)c3)CC4=O)CC2)cc1. The normalized spacial score (nSPS) is 17.2. The summed E-state index contributed by atoms with van der Waals surface area (Å²) in [4.78, 5) is 27.5. The lowest BCUT2D eigenvalue weighted by atomic mass is 9.81. The topological polar surface area (TPSA) is 86.2 Å². The van der Waals surface area contributed by atoms with Gasteiger partial charge >= 0.3 is 0 Å². The number of Topliss-reactive ketones (excluding diaryl/α,β-unsaturated/α-hetero) is 1. The van der Waals surface area contributed by atoms with Crippen LogP contribution >= 0.6 is 0 Å². The van der Waals surface area contributed by atoms with Crippen molar-refractivity contribution in [3.63, 3.8) is 0 Å². The van der Waals surface area contributed by atoms with Crippen LogP contribution in [0.2, 0.25) is 0 Å². The summed E-state index contributed by atoms with van der Waals surface area (Å²) in [6.07, 6.45) is 1.03. The second kappa shape index (κ2) is 10.8. The van der Waals surface area contributed by atoms with E-state index in [9.17, 15) is 4.79 Å². The van der Waals surface area contributed by atoms with Crippen LogP contribution in [0.4, 0.5) is 11.6 Å². The first-order valence-electron chi connectivity index (χ1n) is 12.8. The number of piperazine rings is 1. The van der Waals surface area contributed by atoms with E-state index in [1.165, 1.54) is 5.69 Å². The molecule has 1 saturated heterocycles. The van der Waals surface area contributed by atoms with Crippen LogP contribution in [0.3, 0.4) is 0 Å². The maximum atomic E-state index is 13.3. The Hall–Kier alpha value is -4.01. The van der Waals surface area contributed by atoms with Crippen LogP contribution in [0.1, 0.15) is 39.6 Å². The van der Waals surface area contributed by atoms with Gasteiger partial charge in [0.05, 0.1) is 45.4 Å². The van der Waals surface area contributed by atoms with Gasteiger partial charge in [-0.25, -0.2) is 9.97 Å². The molecule has 200 valence electrons. The summed E-state index contributed by atoms with van der Waals surface area (Å²) in [7, 11) is 6.45. The van der Waals surface area contributed by atoms with Crippen molar-refractivity contribution in [1.82, 2.24) is 9.97 Å². The molecule has 2 aliphatic rings. The monoisotopic (exact) mass is 518 g/mol. The lowest BCUT2D eigenvalue weighted by Crippen LogP contribution is -2.47. The summed E-state index contributed by atoms with van der Waals surface area (Å²) in [6, 6.07) is 12.0. The smallest absolute Gasteiger partial charge is 0.225 e. The Morgan fingerprint density at radius 3 is 2.00 bits per heavy atom. The van der Waals surface area contributed by atoms with E-state index in [-0.39, 0.29) is 11.7 Å². The largest absolute Gasteiger partial charge is 0.497 e. The maximum Gasteiger partial charge on any atom is 0.225 e. The lowest BCUT2D eigenvalue weighted by molar-refractivity contribution is 0.0961. The average Bonchev–Trinajstić information content (AvgIpc) is 2.96. The number of hydrogen-bond acceptors (Lipinski definition) is 9. The minimum atomic E-state index is -0.0437. The highest BCUT2D eigenvalue weighted by atomic mass is 16.5. The summed E-state index contributed by atoms with van der Waals surface area (Å²) < 4.78 is 21.8. The van der Waals surface area contributed by atoms with Gasteiger partial charge in [0, 0.05) is 38.3 Å². The third-order valence-electron chi connectivity index (χ3n) is 7.46. The van der Waals surface area contributed by atoms with E-state index in [1.54, 1.807) is 28.4 Å². The van der Waals surface area contributed by atoms with Gasteiger partial charge in [0.15, 0.2) is 17.3 Å². The van der Waals surface area contributed by atoms with Crippen LogP contribution in [0, 0.1) is 6.92 Å². The van der Waals surface area contributed by atoms with Gasteiger partial charge in [-0.1, -0.05) is 0 Å². The Labute approximate surface area is 223 Å². The van der Waals surface area contributed by atoms with E-state index in [0.29, 0.717) is 41.6 Å². The Balaban J connectivity index is 1.37. The van der Waals surface area contributed by atoms with Crippen molar-refractivity contribution in [3.05, 3.63) is 58.9 Å². The number of benzene rings is 2. The molecule has 1 unspecified atom stereocenters. The number of fused-ring (bicyclic) bond motifs is 1. The molecule has 1 aliphatic carbocycles. The zero-order chi connectivity index (χ0) is 26.8. The van der Waals surface area contributed by atoms with Crippen LogP contribution in [0.15, 0.2) is 36.4 Å². The zero-order valence-corrected chi connectivity index (χ0v) is 22.6. The van der Waals surface area contributed by atoms with Crippen molar-refractivity contribution < 1.29 is 23.7 Å². The highest BCUT2D eigenvalue weighted by Gasteiger charge is 2.32. The molecule has 9 heteroatoms. The Kier molecular flexibility index (Phi) is 7.26. The highest BCUT2D eigenvalue weighted by Crippen LogP contribution is 2.43. The van der Waals surface area contributed by atoms with Gasteiger partial charge in [-0.2, -0.15) is 0 Å². The minimum Gasteiger partial charge on any atom is -0.497 e. The van der Waals surface area contributed by atoms with Crippen molar-refractivity contribution in [2.75, 3.05) is 64.4 Å². The third kappa shape index (κ3) is 4.80. The first-order valence-corrected chi connectivity index (χ1v) is 12.8. The summed E-state index contributed by atoms with van der Waals surface area (Å²) in [5, 5.41) is 0. The average molecular weight is 519 g/mol. The van der Waals surface area contributed by atoms with Crippen molar-refractivity contribution in [3.8, 4) is 23.0 Å². The van der Waals surface area contributed by atoms with Crippen LogP contribution in [0.25, 0.3) is 0 Å². The van der Waals surface area contributed by atoms with Crippen LogP contribution in [-0.4, -0.2) is 70.4 Å². The number of rotatable bonds is 7. The summed E-state index contributed by atoms with van der Waals surface area (Å²) >= 11 is 0. The molecule has 5 rings (SSSR count). The number of hydrogen-bond donors (Lipinski definition) is 0. The lowest BCUT2D eigenvalue weighted by Gasteiger charge is -2.36. The predicted octanol–water partition coefficient (Wildman–Crippen LogP) is 4.06. The second-order valence-electron chi connectivity index (χ2n) is 9.59. The number of methoxy groups -OCH3 is 4. The molecule has 1 atom stereocenters. The first kappa shape index (κ1) is 25.6. The Bertz CT molecular complexity index is 1290. The van der Waals surface area contributed by atoms with Gasteiger partial charge in [0.2, 0.25) is 11.7 Å². The van der Waals surface area contributed by atoms with Crippen molar-refractivity contribution in [2.45, 2.75) is 25.7 Å².